The van der Waals surface area contributed by atoms with E-state index in [9.17, 15) is 13.2 Å². The number of ether oxygens (including phenoxy) is 2. The maximum absolute atomic E-state index is 12.8. The zero-order valence-electron chi connectivity index (χ0n) is 15.8. The second-order valence-corrected chi connectivity index (χ2v) is 8.38. The molecule has 0 aliphatic rings. The van der Waals surface area contributed by atoms with E-state index < -0.39 is 21.8 Å². The third-order valence-corrected chi connectivity index (χ3v) is 5.89. The van der Waals surface area contributed by atoms with Gasteiger partial charge >= 0.3 is 5.97 Å². The Kier molecular flexibility index (Phi) is 6.31. The predicted octanol–water partition coefficient (Wildman–Crippen LogP) is 3.35. The molecule has 0 radical (unpaired) electrons. The van der Waals surface area contributed by atoms with Crippen molar-refractivity contribution in [3.8, 4) is 11.5 Å². The topological polar surface area (TPSA) is 95.7 Å². The van der Waals surface area contributed by atoms with Crippen molar-refractivity contribution < 1.29 is 22.7 Å². The first-order valence-electron chi connectivity index (χ1n) is 8.95. The highest BCUT2D eigenvalue weighted by molar-refractivity contribution is 7.91. The van der Waals surface area contributed by atoms with E-state index in [4.69, 9.17) is 15.2 Å². The third kappa shape index (κ3) is 5.22. The molecule has 3 aromatic rings. The number of carbonyl (C=O) groups excluding carboxylic acids is 1. The normalized spacial score (nSPS) is 12.2. The summed E-state index contributed by atoms with van der Waals surface area (Å²) in [6.07, 6.45) is 0. The lowest BCUT2D eigenvalue weighted by atomic mass is 10.2. The van der Waals surface area contributed by atoms with E-state index >= 15 is 0 Å². The van der Waals surface area contributed by atoms with Crippen LogP contribution < -0.4 is 15.2 Å². The minimum Gasteiger partial charge on any atom is -0.489 e. The quantitative estimate of drug-likeness (QED) is 0.473. The molecule has 0 heterocycles. The molecule has 0 aliphatic heterocycles. The Morgan fingerprint density at radius 3 is 1.90 bits per heavy atom. The Bertz CT molecular complexity index is 1060. The van der Waals surface area contributed by atoms with Crippen molar-refractivity contribution >= 4 is 15.8 Å². The van der Waals surface area contributed by atoms with Crippen LogP contribution >= 0.6 is 0 Å². The fraction of sp³-hybridized carbons (Fsp3) is 0.136. The van der Waals surface area contributed by atoms with Crippen LogP contribution in [0.25, 0.3) is 0 Å². The van der Waals surface area contributed by atoms with Crippen molar-refractivity contribution in [2.75, 3.05) is 0 Å². The van der Waals surface area contributed by atoms with Crippen molar-refractivity contribution in [2.45, 2.75) is 29.4 Å². The van der Waals surface area contributed by atoms with Gasteiger partial charge in [-0.05, 0) is 61.0 Å². The Morgan fingerprint density at radius 1 is 0.862 bits per heavy atom. The summed E-state index contributed by atoms with van der Waals surface area (Å²) in [5.74, 6) is 0.216. The van der Waals surface area contributed by atoms with Crippen molar-refractivity contribution in [1.29, 1.82) is 0 Å². The van der Waals surface area contributed by atoms with Gasteiger partial charge < -0.3 is 15.2 Å². The van der Waals surface area contributed by atoms with E-state index in [1.165, 1.54) is 43.3 Å². The number of benzene rings is 3. The molecule has 3 aromatic carbocycles. The summed E-state index contributed by atoms with van der Waals surface area (Å²) in [4.78, 5) is 11.8. The van der Waals surface area contributed by atoms with E-state index in [1.54, 1.807) is 12.1 Å². The molecule has 0 unspecified atom stereocenters. The first kappa shape index (κ1) is 20.6. The lowest BCUT2D eigenvalue weighted by molar-refractivity contribution is -0.135. The number of nitrogens with two attached hydrogens (primary N) is 1. The van der Waals surface area contributed by atoms with Gasteiger partial charge in [-0.15, -0.1) is 0 Å². The number of sulfone groups is 1. The number of rotatable bonds is 7. The molecule has 0 spiro atoms. The Labute approximate surface area is 169 Å². The van der Waals surface area contributed by atoms with Crippen LogP contribution in [0.4, 0.5) is 0 Å². The monoisotopic (exact) mass is 411 g/mol. The molecule has 0 bridgehead atoms. The van der Waals surface area contributed by atoms with Crippen LogP contribution in [0.3, 0.4) is 0 Å². The molecule has 0 aliphatic carbocycles. The molecule has 2 N–H and O–H groups in total. The average Bonchev–Trinajstić information content (AvgIpc) is 2.73. The van der Waals surface area contributed by atoms with Gasteiger partial charge in [0.1, 0.15) is 24.1 Å². The molecule has 150 valence electrons. The molecule has 3 rings (SSSR count). The van der Waals surface area contributed by atoms with Crippen molar-refractivity contribution in [3.63, 3.8) is 0 Å². The van der Waals surface area contributed by atoms with E-state index in [0.29, 0.717) is 12.4 Å². The van der Waals surface area contributed by atoms with Crippen molar-refractivity contribution in [3.05, 3.63) is 84.4 Å². The first-order valence-corrected chi connectivity index (χ1v) is 10.4. The highest BCUT2D eigenvalue weighted by Gasteiger charge is 2.18. The molecule has 6 nitrogen and oxygen atoms in total. The SMILES string of the molecule is C[C@H](N)C(=O)Oc1ccc(S(=O)(=O)c2ccc(OCc3ccccc3)cc2)cc1. The van der Waals surface area contributed by atoms with Crippen LogP contribution in [0.15, 0.2) is 88.7 Å². The number of carbonyl (C=O) groups is 1. The lowest BCUT2D eigenvalue weighted by Gasteiger charge is -2.09. The lowest BCUT2D eigenvalue weighted by Crippen LogP contribution is -2.30. The van der Waals surface area contributed by atoms with Gasteiger partial charge in [0.25, 0.3) is 0 Å². The fourth-order valence-electron chi connectivity index (χ4n) is 2.49. The molecule has 29 heavy (non-hydrogen) atoms. The highest BCUT2D eigenvalue weighted by Crippen LogP contribution is 2.25. The molecule has 0 fully saturated rings. The van der Waals surface area contributed by atoms with Crippen molar-refractivity contribution in [1.82, 2.24) is 0 Å². The Balaban J connectivity index is 1.69. The summed E-state index contributed by atoms with van der Waals surface area (Å²) in [6.45, 7) is 1.91. The molecule has 7 heteroatoms. The second kappa shape index (κ2) is 8.89. The minimum absolute atomic E-state index is 0.0936. The minimum atomic E-state index is -3.71. The van der Waals surface area contributed by atoms with Crippen LogP contribution in [-0.2, 0) is 21.2 Å². The molecule has 0 saturated heterocycles. The van der Waals surface area contributed by atoms with Crippen LogP contribution in [0.2, 0.25) is 0 Å². The summed E-state index contributed by atoms with van der Waals surface area (Å²) in [7, 11) is -3.71. The summed E-state index contributed by atoms with van der Waals surface area (Å²) >= 11 is 0. The molecule has 0 amide bonds. The molecular formula is C22H21NO5S. The first-order chi connectivity index (χ1) is 13.9. The zero-order valence-corrected chi connectivity index (χ0v) is 16.6. The van der Waals surface area contributed by atoms with Crippen LogP contribution in [0, 0.1) is 0 Å². The summed E-state index contributed by atoms with van der Waals surface area (Å²) in [5, 5.41) is 0. The van der Waals surface area contributed by atoms with Gasteiger partial charge in [-0.3, -0.25) is 0 Å². The Hall–Kier alpha value is -3.16. The summed E-state index contributed by atoms with van der Waals surface area (Å²) in [6, 6.07) is 20.8. The molecule has 0 saturated carbocycles. The van der Waals surface area contributed by atoms with E-state index in [-0.39, 0.29) is 15.5 Å². The molecule has 1 atom stereocenters. The number of hydrogen-bond donors (Lipinski definition) is 1. The maximum Gasteiger partial charge on any atom is 0.328 e. The van der Waals surface area contributed by atoms with Crippen LogP contribution in [0.5, 0.6) is 11.5 Å². The second-order valence-electron chi connectivity index (χ2n) is 6.43. The van der Waals surface area contributed by atoms with Crippen LogP contribution in [0.1, 0.15) is 12.5 Å². The van der Waals surface area contributed by atoms with Crippen molar-refractivity contribution in [2.24, 2.45) is 5.73 Å². The number of hydrogen-bond acceptors (Lipinski definition) is 6. The summed E-state index contributed by atoms with van der Waals surface area (Å²) < 4.78 is 36.3. The standard InChI is InChI=1S/C22H21NO5S/c1-16(23)22(24)28-19-9-13-21(14-10-19)29(25,26)20-11-7-18(8-12-20)27-15-17-5-3-2-4-6-17/h2-14,16H,15,23H2,1H3/t16-/m0/s1. The maximum atomic E-state index is 12.8. The van der Waals surface area contributed by atoms with Gasteiger partial charge in [0.05, 0.1) is 9.79 Å². The third-order valence-electron chi connectivity index (χ3n) is 4.11. The van der Waals surface area contributed by atoms with Gasteiger partial charge in [0.15, 0.2) is 0 Å². The predicted molar refractivity (Wildman–Crippen MR) is 108 cm³/mol. The van der Waals surface area contributed by atoms with Gasteiger partial charge in [-0.2, -0.15) is 0 Å². The number of esters is 1. The zero-order chi connectivity index (χ0) is 20.9. The van der Waals surface area contributed by atoms with E-state index in [0.717, 1.165) is 5.56 Å². The van der Waals surface area contributed by atoms with Gasteiger partial charge in [0.2, 0.25) is 9.84 Å². The molecule has 0 aromatic heterocycles. The van der Waals surface area contributed by atoms with Crippen LogP contribution in [-0.4, -0.2) is 20.4 Å². The van der Waals surface area contributed by atoms with Gasteiger partial charge in [0, 0.05) is 0 Å². The van der Waals surface area contributed by atoms with Gasteiger partial charge in [-0.25, -0.2) is 13.2 Å². The highest BCUT2D eigenvalue weighted by atomic mass is 32.2. The fourth-order valence-corrected chi connectivity index (χ4v) is 3.75. The van der Waals surface area contributed by atoms with E-state index in [1.807, 2.05) is 30.3 Å². The average molecular weight is 411 g/mol. The van der Waals surface area contributed by atoms with E-state index in [2.05, 4.69) is 0 Å². The molecular weight excluding hydrogens is 390 g/mol. The Morgan fingerprint density at radius 2 is 1.38 bits per heavy atom. The van der Waals surface area contributed by atoms with Gasteiger partial charge in [-0.1, -0.05) is 30.3 Å². The smallest absolute Gasteiger partial charge is 0.328 e. The largest absolute Gasteiger partial charge is 0.489 e. The summed E-state index contributed by atoms with van der Waals surface area (Å²) in [5.41, 5.74) is 6.47.